The van der Waals surface area contributed by atoms with Gasteiger partial charge >= 0.3 is 0 Å². The molecule has 66 valence electrons. The van der Waals surface area contributed by atoms with E-state index in [4.69, 9.17) is 0 Å². The molecule has 1 nitrogen and oxygen atoms in total. The van der Waals surface area contributed by atoms with Gasteiger partial charge in [0, 0.05) is 6.42 Å². The van der Waals surface area contributed by atoms with Crippen molar-refractivity contribution in [2.24, 2.45) is 5.41 Å². The zero-order valence-corrected chi connectivity index (χ0v) is 8.27. The Morgan fingerprint density at radius 3 is 2.50 bits per heavy atom. The molecule has 0 saturated heterocycles. The normalized spacial score (nSPS) is 25.8. The molecular weight excluding hydrogens is 148 g/mol. The van der Waals surface area contributed by atoms with E-state index in [2.05, 4.69) is 19.9 Å². The monoisotopic (exact) mass is 164 g/mol. The minimum atomic E-state index is 0.0324. The van der Waals surface area contributed by atoms with E-state index in [9.17, 15) is 4.79 Å². The number of ketones is 1. The molecule has 12 heavy (non-hydrogen) atoms. The van der Waals surface area contributed by atoms with E-state index < -0.39 is 0 Å². The number of hydrogen-bond acceptors (Lipinski definition) is 1. The Morgan fingerprint density at radius 1 is 1.50 bits per heavy atom. The molecule has 0 heterocycles. The number of rotatable bonds is 0. The zero-order chi connectivity index (χ0) is 9.35. The summed E-state index contributed by atoms with van der Waals surface area (Å²) in [5.74, 6) is 0.253. The molecule has 1 heteroatoms. The van der Waals surface area contributed by atoms with Gasteiger partial charge in [0.25, 0.3) is 0 Å². The minimum absolute atomic E-state index is 0.0324. The summed E-state index contributed by atoms with van der Waals surface area (Å²) in [7, 11) is 0. The van der Waals surface area contributed by atoms with Gasteiger partial charge in [-0.25, -0.2) is 0 Å². The lowest BCUT2D eigenvalue weighted by Crippen LogP contribution is -2.24. The van der Waals surface area contributed by atoms with E-state index in [1.807, 2.05) is 13.8 Å². The number of carbonyl (C=O) groups is 1. The van der Waals surface area contributed by atoms with Crippen molar-refractivity contribution >= 4 is 5.78 Å². The maximum absolute atomic E-state index is 11.2. The fourth-order valence-corrected chi connectivity index (χ4v) is 2.05. The van der Waals surface area contributed by atoms with Crippen LogP contribution in [0.15, 0.2) is 23.3 Å². The van der Waals surface area contributed by atoms with Crippen LogP contribution >= 0.6 is 0 Å². The molecule has 1 aliphatic rings. The van der Waals surface area contributed by atoms with Crippen molar-refractivity contribution in [2.75, 3.05) is 0 Å². The summed E-state index contributed by atoms with van der Waals surface area (Å²) in [4.78, 5) is 11.2. The Balaban J connectivity index is 3.14. The third kappa shape index (κ3) is 1.50. The highest BCUT2D eigenvalue weighted by atomic mass is 16.1. The molecule has 0 aromatic carbocycles. The number of carbonyl (C=O) groups excluding carboxylic acids is 1. The largest absolute Gasteiger partial charge is 0.295 e. The standard InChI is InChI=1S/C11H16O/c1-5-10-8(2)6-9(12)7-11(10,3)4/h5-6H,7H2,1-4H3/b10-5+. The molecular formula is C11H16O. The van der Waals surface area contributed by atoms with E-state index in [0.717, 1.165) is 5.57 Å². The lowest BCUT2D eigenvalue weighted by Gasteiger charge is -2.31. The molecule has 0 aromatic rings. The van der Waals surface area contributed by atoms with Gasteiger partial charge in [0.05, 0.1) is 0 Å². The number of allylic oxidation sites excluding steroid dienone is 4. The van der Waals surface area contributed by atoms with Gasteiger partial charge in [-0.3, -0.25) is 4.79 Å². The van der Waals surface area contributed by atoms with Gasteiger partial charge in [-0.05, 0) is 36.5 Å². The molecule has 0 fully saturated rings. The van der Waals surface area contributed by atoms with Gasteiger partial charge in [0.1, 0.15) is 0 Å². The molecule has 1 aliphatic carbocycles. The molecule has 0 bridgehead atoms. The second-order valence-corrected chi connectivity index (χ2v) is 4.06. The van der Waals surface area contributed by atoms with Crippen molar-refractivity contribution in [3.8, 4) is 0 Å². The third-order valence-electron chi connectivity index (χ3n) is 2.44. The molecule has 0 radical (unpaired) electrons. The van der Waals surface area contributed by atoms with Crippen molar-refractivity contribution in [1.82, 2.24) is 0 Å². The molecule has 0 aromatic heterocycles. The molecule has 1 rings (SSSR count). The van der Waals surface area contributed by atoms with Gasteiger partial charge in [0.2, 0.25) is 0 Å². The summed E-state index contributed by atoms with van der Waals surface area (Å²) >= 11 is 0. The second-order valence-electron chi connectivity index (χ2n) is 4.06. The van der Waals surface area contributed by atoms with Crippen molar-refractivity contribution in [3.63, 3.8) is 0 Å². The highest BCUT2D eigenvalue weighted by molar-refractivity contribution is 5.93. The van der Waals surface area contributed by atoms with Crippen LogP contribution < -0.4 is 0 Å². The van der Waals surface area contributed by atoms with Crippen molar-refractivity contribution in [3.05, 3.63) is 23.3 Å². The van der Waals surface area contributed by atoms with Crippen molar-refractivity contribution in [2.45, 2.75) is 34.1 Å². The van der Waals surface area contributed by atoms with Gasteiger partial charge in [-0.1, -0.05) is 19.9 Å². The Hall–Kier alpha value is -0.850. The van der Waals surface area contributed by atoms with Crippen LogP contribution in [0.4, 0.5) is 0 Å². The SMILES string of the molecule is C/C=C1\C(C)=CC(=O)CC1(C)C. The summed E-state index contributed by atoms with van der Waals surface area (Å²) < 4.78 is 0. The van der Waals surface area contributed by atoms with Gasteiger partial charge < -0.3 is 0 Å². The van der Waals surface area contributed by atoms with E-state index in [1.54, 1.807) is 6.08 Å². The van der Waals surface area contributed by atoms with Gasteiger partial charge in [-0.15, -0.1) is 0 Å². The van der Waals surface area contributed by atoms with Crippen molar-refractivity contribution < 1.29 is 4.79 Å². The van der Waals surface area contributed by atoms with Crippen LogP contribution in [0.25, 0.3) is 0 Å². The molecule has 0 aliphatic heterocycles. The maximum atomic E-state index is 11.2. The molecule has 0 N–H and O–H groups in total. The van der Waals surface area contributed by atoms with Gasteiger partial charge in [0.15, 0.2) is 5.78 Å². The average molecular weight is 164 g/mol. The Kier molecular flexibility index (Phi) is 2.22. The molecule has 0 unspecified atom stereocenters. The molecule has 0 amide bonds. The van der Waals surface area contributed by atoms with Crippen LogP contribution in [0.2, 0.25) is 0 Å². The van der Waals surface area contributed by atoms with E-state index in [0.29, 0.717) is 6.42 Å². The van der Waals surface area contributed by atoms with Crippen LogP contribution in [0.1, 0.15) is 34.1 Å². The first kappa shape index (κ1) is 9.24. The van der Waals surface area contributed by atoms with Crippen LogP contribution in [-0.4, -0.2) is 5.78 Å². The zero-order valence-electron chi connectivity index (χ0n) is 8.27. The summed E-state index contributed by atoms with van der Waals surface area (Å²) in [6, 6.07) is 0. The topological polar surface area (TPSA) is 17.1 Å². The fraction of sp³-hybridized carbons (Fsp3) is 0.545. The first-order valence-electron chi connectivity index (χ1n) is 4.35. The fourth-order valence-electron chi connectivity index (χ4n) is 2.05. The Bertz CT molecular complexity index is 267. The maximum Gasteiger partial charge on any atom is 0.156 e. The average Bonchev–Trinajstić information content (AvgIpc) is 1.82. The highest BCUT2D eigenvalue weighted by Gasteiger charge is 2.29. The summed E-state index contributed by atoms with van der Waals surface area (Å²) in [5.41, 5.74) is 2.46. The molecule has 0 saturated carbocycles. The van der Waals surface area contributed by atoms with Crippen LogP contribution in [-0.2, 0) is 4.79 Å². The van der Waals surface area contributed by atoms with Crippen LogP contribution in [0.3, 0.4) is 0 Å². The predicted molar refractivity (Wildman–Crippen MR) is 50.9 cm³/mol. The smallest absolute Gasteiger partial charge is 0.156 e. The Morgan fingerprint density at radius 2 is 2.08 bits per heavy atom. The molecule has 0 spiro atoms. The summed E-state index contributed by atoms with van der Waals surface area (Å²) in [5, 5.41) is 0. The van der Waals surface area contributed by atoms with Crippen LogP contribution in [0, 0.1) is 5.41 Å². The summed E-state index contributed by atoms with van der Waals surface area (Å²) in [6.45, 7) is 8.28. The third-order valence-corrected chi connectivity index (χ3v) is 2.44. The number of hydrogen-bond donors (Lipinski definition) is 0. The quantitative estimate of drug-likeness (QED) is 0.538. The molecule has 0 atom stereocenters. The predicted octanol–water partition coefficient (Wildman–Crippen LogP) is 2.88. The summed E-state index contributed by atoms with van der Waals surface area (Å²) in [6.07, 6.45) is 4.50. The van der Waals surface area contributed by atoms with E-state index in [1.165, 1.54) is 5.57 Å². The van der Waals surface area contributed by atoms with Crippen LogP contribution in [0.5, 0.6) is 0 Å². The lowest BCUT2D eigenvalue weighted by atomic mass is 9.73. The second kappa shape index (κ2) is 2.89. The lowest BCUT2D eigenvalue weighted by molar-refractivity contribution is -0.116. The van der Waals surface area contributed by atoms with Gasteiger partial charge in [-0.2, -0.15) is 0 Å². The van der Waals surface area contributed by atoms with E-state index in [-0.39, 0.29) is 11.2 Å². The van der Waals surface area contributed by atoms with E-state index >= 15 is 0 Å². The first-order valence-corrected chi connectivity index (χ1v) is 4.35. The first-order chi connectivity index (χ1) is 5.47. The van der Waals surface area contributed by atoms with Crippen molar-refractivity contribution in [1.29, 1.82) is 0 Å². The Labute approximate surface area is 74.2 Å². The highest BCUT2D eigenvalue weighted by Crippen LogP contribution is 2.38. The minimum Gasteiger partial charge on any atom is -0.295 e.